The highest BCUT2D eigenvalue weighted by Gasteiger charge is 2.37. The molecule has 0 saturated carbocycles. The van der Waals surface area contributed by atoms with Crippen molar-refractivity contribution in [1.82, 2.24) is 9.97 Å². The summed E-state index contributed by atoms with van der Waals surface area (Å²) in [4.78, 5) is 11.2. The van der Waals surface area contributed by atoms with Crippen LogP contribution in [0.15, 0.2) is 87.3 Å². The van der Waals surface area contributed by atoms with Gasteiger partial charge in [-0.1, -0.05) is 18.2 Å². The second kappa shape index (κ2) is 10.9. The first-order chi connectivity index (χ1) is 21.8. The fourth-order valence-electron chi connectivity index (χ4n) is 6.99. The van der Waals surface area contributed by atoms with Gasteiger partial charge in [0.2, 0.25) is 5.89 Å². The minimum atomic E-state index is -0.0912. The molecule has 0 aliphatic carbocycles. The summed E-state index contributed by atoms with van der Waals surface area (Å²) in [6.45, 7) is 1.51. The average Bonchev–Trinajstić information content (AvgIpc) is 3.90. The first-order valence-electron chi connectivity index (χ1n) is 15.3. The van der Waals surface area contributed by atoms with Crippen LogP contribution in [-0.2, 0) is 9.47 Å². The molecule has 2 aliphatic rings. The van der Waals surface area contributed by atoms with Gasteiger partial charge in [-0.05, 0) is 79.9 Å². The molecular weight excluding hydrogens is 589 g/mol. The maximum Gasteiger partial charge on any atom is 0.228 e. The number of ether oxygens (including phenoxy) is 2. The molecule has 5 aromatic heterocycles. The molecule has 2 saturated heterocycles. The highest BCUT2D eigenvalue weighted by molar-refractivity contribution is 7.26. The lowest BCUT2D eigenvalue weighted by Gasteiger charge is -2.26. The SMILES string of the molecule is c1c[nH]c(-c2c(-c3nc4ccccc4o3)c(-c3ccco3)c(C3CCCO3)c3c(C4CCCCO4)c(-c4cccs4)sc23)c1. The van der Waals surface area contributed by atoms with E-state index in [4.69, 9.17) is 23.3 Å². The molecule has 7 heterocycles. The number of benzene rings is 2. The Labute approximate surface area is 262 Å². The number of oxazole rings is 1. The fraction of sp³-hybridized carbons (Fsp3) is 0.250. The van der Waals surface area contributed by atoms with Crippen LogP contribution in [0.1, 0.15) is 55.4 Å². The smallest absolute Gasteiger partial charge is 0.228 e. The molecule has 2 aromatic carbocycles. The van der Waals surface area contributed by atoms with E-state index >= 15 is 0 Å². The Kier molecular flexibility index (Phi) is 6.55. The van der Waals surface area contributed by atoms with Gasteiger partial charge in [-0.15, -0.1) is 22.7 Å². The van der Waals surface area contributed by atoms with Gasteiger partial charge in [-0.2, -0.15) is 0 Å². The number of aromatic nitrogens is 2. The summed E-state index contributed by atoms with van der Waals surface area (Å²) in [5, 5.41) is 3.39. The van der Waals surface area contributed by atoms with Crippen LogP contribution in [0, 0.1) is 0 Å². The van der Waals surface area contributed by atoms with E-state index in [-0.39, 0.29) is 12.2 Å². The van der Waals surface area contributed by atoms with Gasteiger partial charge >= 0.3 is 0 Å². The van der Waals surface area contributed by atoms with Gasteiger partial charge in [0.15, 0.2) is 5.58 Å². The minimum Gasteiger partial charge on any atom is -0.464 e. The number of hydrogen-bond donors (Lipinski definition) is 1. The summed E-state index contributed by atoms with van der Waals surface area (Å²) in [7, 11) is 0. The Morgan fingerprint density at radius 1 is 0.795 bits per heavy atom. The summed E-state index contributed by atoms with van der Waals surface area (Å²) >= 11 is 3.63. The summed E-state index contributed by atoms with van der Waals surface area (Å²) < 4.78 is 27.3. The molecule has 2 atom stereocenters. The number of H-pyrrole nitrogens is 1. The van der Waals surface area contributed by atoms with E-state index in [2.05, 4.69) is 34.6 Å². The largest absolute Gasteiger partial charge is 0.464 e. The third-order valence-corrected chi connectivity index (χ3v) is 11.1. The zero-order chi connectivity index (χ0) is 29.0. The molecule has 6 nitrogen and oxygen atoms in total. The molecule has 8 heteroatoms. The van der Waals surface area contributed by atoms with Crippen molar-refractivity contribution in [3.63, 3.8) is 0 Å². The van der Waals surface area contributed by atoms with Gasteiger partial charge in [0, 0.05) is 62.3 Å². The lowest BCUT2D eigenvalue weighted by Crippen LogP contribution is -2.13. The van der Waals surface area contributed by atoms with Crippen LogP contribution in [-0.4, -0.2) is 23.2 Å². The lowest BCUT2D eigenvalue weighted by molar-refractivity contribution is 0.0163. The molecule has 7 aromatic rings. The van der Waals surface area contributed by atoms with Crippen LogP contribution in [0.2, 0.25) is 0 Å². The van der Waals surface area contributed by atoms with Crippen molar-refractivity contribution in [1.29, 1.82) is 0 Å². The van der Waals surface area contributed by atoms with Crippen LogP contribution in [0.4, 0.5) is 0 Å². The zero-order valence-electron chi connectivity index (χ0n) is 24.0. The van der Waals surface area contributed by atoms with Crippen LogP contribution in [0.5, 0.6) is 0 Å². The van der Waals surface area contributed by atoms with E-state index in [9.17, 15) is 0 Å². The van der Waals surface area contributed by atoms with E-state index in [1.807, 2.05) is 53.9 Å². The van der Waals surface area contributed by atoms with Gasteiger partial charge in [-0.3, -0.25) is 0 Å². The fourth-order valence-corrected chi connectivity index (χ4v) is 9.29. The van der Waals surface area contributed by atoms with Crippen molar-refractivity contribution in [2.45, 2.75) is 44.3 Å². The molecule has 0 radical (unpaired) electrons. The van der Waals surface area contributed by atoms with Gasteiger partial charge in [0.1, 0.15) is 11.3 Å². The molecule has 2 aliphatic heterocycles. The third-order valence-electron chi connectivity index (χ3n) is 8.85. The quantitative estimate of drug-likeness (QED) is 0.201. The number of para-hydroxylation sites is 2. The van der Waals surface area contributed by atoms with Crippen LogP contribution < -0.4 is 0 Å². The highest BCUT2D eigenvalue weighted by Crippen LogP contribution is 2.57. The number of thiophene rings is 2. The molecule has 9 rings (SSSR count). The molecule has 1 N–H and O–H groups in total. The Morgan fingerprint density at radius 2 is 1.68 bits per heavy atom. The van der Waals surface area contributed by atoms with Crippen LogP contribution >= 0.6 is 22.7 Å². The van der Waals surface area contributed by atoms with Gasteiger partial charge in [0.25, 0.3) is 0 Å². The van der Waals surface area contributed by atoms with Crippen molar-refractivity contribution < 1.29 is 18.3 Å². The standard InChI is InChI=1S/C36H30N2O4S2/c1-2-11-23-21(9-1)38-36(42-23)33-28(22-10-5-16-37-22)35-32(29(24-13-6-18-40-24)30(33)25-14-7-19-41-25)31(26-12-3-4-17-39-26)34(44-35)27-15-8-20-43-27/h1-2,5,7-11,14-16,19-20,24,26,37H,3-4,6,12-13,17-18H2. The highest BCUT2D eigenvalue weighted by atomic mass is 32.1. The third kappa shape index (κ3) is 4.24. The number of fused-ring (bicyclic) bond motifs is 2. The molecule has 2 fully saturated rings. The van der Waals surface area contributed by atoms with Crippen LogP contribution in [0.25, 0.3) is 65.0 Å². The molecule has 2 unspecified atom stereocenters. The lowest BCUT2D eigenvalue weighted by atomic mass is 9.83. The predicted molar refractivity (Wildman–Crippen MR) is 176 cm³/mol. The first kappa shape index (κ1) is 26.5. The van der Waals surface area contributed by atoms with Crippen molar-refractivity contribution in [2.24, 2.45) is 0 Å². The Morgan fingerprint density at radius 3 is 2.43 bits per heavy atom. The maximum absolute atomic E-state index is 6.61. The molecule has 0 amide bonds. The van der Waals surface area contributed by atoms with E-state index in [0.717, 1.165) is 90.1 Å². The number of rotatable bonds is 6. The average molecular weight is 619 g/mol. The summed E-state index contributed by atoms with van der Waals surface area (Å²) in [6.07, 6.45) is 8.84. The summed E-state index contributed by atoms with van der Waals surface area (Å²) in [6, 6.07) is 20.5. The normalized spacial score (nSPS) is 19.0. The van der Waals surface area contributed by atoms with E-state index in [0.29, 0.717) is 5.89 Å². The number of aromatic amines is 1. The van der Waals surface area contributed by atoms with Crippen molar-refractivity contribution >= 4 is 43.9 Å². The molecule has 220 valence electrons. The molecular formula is C36H30N2O4S2. The monoisotopic (exact) mass is 618 g/mol. The first-order valence-corrected chi connectivity index (χ1v) is 17.0. The number of hydrogen-bond acceptors (Lipinski definition) is 7. The minimum absolute atomic E-state index is 0.00544. The number of nitrogens with one attached hydrogen (secondary N) is 1. The maximum atomic E-state index is 6.61. The predicted octanol–water partition coefficient (Wildman–Crippen LogP) is 10.8. The van der Waals surface area contributed by atoms with Crippen molar-refractivity contribution in [3.05, 3.63) is 89.6 Å². The second-order valence-corrected chi connectivity index (χ2v) is 13.4. The zero-order valence-corrected chi connectivity index (χ0v) is 25.6. The number of furan rings is 1. The molecule has 0 bridgehead atoms. The summed E-state index contributed by atoms with van der Waals surface area (Å²) in [5.41, 5.74) is 8.00. The van der Waals surface area contributed by atoms with Gasteiger partial charge in [0.05, 0.1) is 28.9 Å². The van der Waals surface area contributed by atoms with Gasteiger partial charge < -0.3 is 23.3 Å². The van der Waals surface area contributed by atoms with E-state index in [1.54, 1.807) is 17.6 Å². The van der Waals surface area contributed by atoms with Crippen molar-refractivity contribution in [2.75, 3.05) is 13.2 Å². The number of nitrogens with zero attached hydrogens (tertiary/aromatic N) is 1. The van der Waals surface area contributed by atoms with E-state index < -0.39 is 0 Å². The van der Waals surface area contributed by atoms with E-state index in [1.165, 1.54) is 25.4 Å². The summed E-state index contributed by atoms with van der Waals surface area (Å²) in [5.74, 6) is 1.35. The topological polar surface area (TPSA) is 73.4 Å². The Balaban J connectivity index is 1.50. The van der Waals surface area contributed by atoms with Gasteiger partial charge in [-0.25, -0.2) is 4.98 Å². The van der Waals surface area contributed by atoms with Crippen molar-refractivity contribution in [3.8, 4) is 43.8 Å². The Bertz CT molecular complexity index is 2020. The van der Waals surface area contributed by atoms with Crippen LogP contribution in [0.3, 0.4) is 0 Å². The Hall–Kier alpha value is -3.95. The molecule has 0 spiro atoms. The molecule has 44 heavy (non-hydrogen) atoms. The second-order valence-electron chi connectivity index (χ2n) is 11.5.